The van der Waals surface area contributed by atoms with Gasteiger partial charge in [0.2, 0.25) is 0 Å². The number of H-pyrrole nitrogens is 1. The molecular formula is C10H12N2OS. The van der Waals surface area contributed by atoms with Crippen molar-refractivity contribution in [1.29, 1.82) is 0 Å². The Kier molecular flexibility index (Phi) is 2.54. The number of furan rings is 1. The van der Waals surface area contributed by atoms with Crippen molar-refractivity contribution in [3.63, 3.8) is 0 Å². The first-order chi connectivity index (χ1) is 6.77. The van der Waals surface area contributed by atoms with Crippen molar-refractivity contribution >= 4 is 12.2 Å². The van der Waals surface area contributed by atoms with Crippen molar-refractivity contribution in [1.82, 2.24) is 9.55 Å². The maximum atomic E-state index is 5.15. The van der Waals surface area contributed by atoms with E-state index >= 15 is 0 Å². The van der Waals surface area contributed by atoms with E-state index < -0.39 is 0 Å². The minimum absolute atomic E-state index is 0.783. The fraction of sp³-hybridized carbons (Fsp3) is 0.300. The Bertz CT molecular complexity index is 453. The summed E-state index contributed by atoms with van der Waals surface area (Å²) in [5.41, 5.74) is 2.37. The Balaban J connectivity index is 2.09. The van der Waals surface area contributed by atoms with Crippen molar-refractivity contribution in [2.75, 3.05) is 0 Å². The van der Waals surface area contributed by atoms with Gasteiger partial charge in [0, 0.05) is 18.4 Å². The molecule has 0 radical (unpaired) electrons. The zero-order valence-corrected chi connectivity index (χ0v) is 8.80. The fourth-order valence-electron chi connectivity index (χ4n) is 1.44. The summed E-state index contributed by atoms with van der Waals surface area (Å²) in [5.74, 6) is 0. The molecule has 1 N–H and O–H groups in total. The van der Waals surface area contributed by atoms with Gasteiger partial charge < -0.3 is 14.0 Å². The summed E-state index contributed by atoms with van der Waals surface area (Å²) in [4.78, 5) is 3.02. The Morgan fingerprint density at radius 1 is 1.57 bits per heavy atom. The first kappa shape index (κ1) is 9.27. The molecule has 0 saturated carbocycles. The van der Waals surface area contributed by atoms with Crippen LogP contribution in [0.5, 0.6) is 0 Å². The molecule has 0 saturated heterocycles. The molecular weight excluding hydrogens is 196 g/mol. The molecule has 0 aliphatic carbocycles. The van der Waals surface area contributed by atoms with Crippen LogP contribution in [0.1, 0.15) is 11.3 Å². The van der Waals surface area contributed by atoms with Gasteiger partial charge in [-0.05, 0) is 37.2 Å². The van der Waals surface area contributed by atoms with Gasteiger partial charge in [-0.3, -0.25) is 0 Å². The zero-order chi connectivity index (χ0) is 9.97. The monoisotopic (exact) mass is 208 g/mol. The molecule has 74 valence electrons. The number of imidazole rings is 1. The van der Waals surface area contributed by atoms with Crippen molar-refractivity contribution in [3.05, 3.63) is 40.8 Å². The number of hydrogen-bond acceptors (Lipinski definition) is 2. The Morgan fingerprint density at radius 3 is 3.00 bits per heavy atom. The molecule has 2 aromatic rings. The van der Waals surface area contributed by atoms with Crippen LogP contribution in [-0.4, -0.2) is 9.55 Å². The molecule has 2 rings (SSSR count). The topological polar surface area (TPSA) is 33.9 Å². The third-order valence-electron chi connectivity index (χ3n) is 2.28. The van der Waals surface area contributed by atoms with Gasteiger partial charge in [0.15, 0.2) is 4.77 Å². The highest BCUT2D eigenvalue weighted by atomic mass is 32.1. The SMILES string of the molecule is Cc1c[nH]c(=S)n1CCc1ccoc1. The van der Waals surface area contributed by atoms with Crippen LogP contribution in [0.25, 0.3) is 0 Å². The van der Waals surface area contributed by atoms with Gasteiger partial charge in [-0.2, -0.15) is 0 Å². The normalized spacial score (nSPS) is 10.6. The Labute approximate surface area is 87.4 Å². The molecule has 14 heavy (non-hydrogen) atoms. The lowest BCUT2D eigenvalue weighted by molar-refractivity contribution is 0.560. The van der Waals surface area contributed by atoms with Crippen molar-refractivity contribution in [2.45, 2.75) is 19.9 Å². The second kappa shape index (κ2) is 3.84. The third-order valence-corrected chi connectivity index (χ3v) is 2.62. The number of aryl methyl sites for hydroxylation is 2. The quantitative estimate of drug-likeness (QED) is 0.787. The molecule has 4 heteroatoms. The Hall–Kier alpha value is -1.29. The van der Waals surface area contributed by atoms with Gasteiger partial charge in [-0.25, -0.2) is 0 Å². The number of rotatable bonds is 3. The Morgan fingerprint density at radius 2 is 2.43 bits per heavy atom. The van der Waals surface area contributed by atoms with E-state index in [1.54, 1.807) is 12.5 Å². The molecule has 0 aliphatic heterocycles. The van der Waals surface area contributed by atoms with Crippen LogP contribution in [-0.2, 0) is 13.0 Å². The number of aromatic amines is 1. The first-order valence-electron chi connectivity index (χ1n) is 4.53. The van der Waals surface area contributed by atoms with Crippen LogP contribution in [0, 0.1) is 11.7 Å². The lowest BCUT2D eigenvalue weighted by Gasteiger charge is -2.02. The van der Waals surface area contributed by atoms with Crippen LogP contribution in [0.4, 0.5) is 0 Å². The maximum Gasteiger partial charge on any atom is 0.177 e. The summed E-state index contributed by atoms with van der Waals surface area (Å²) in [5, 5.41) is 0. The molecule has 0 amide bonds. The summed E-state index contributed by atoms with van der Waals surface area (Å²) in [6.07, 6.45) is 6.34. The molecule has 0 bridgehead atoms. The average molecular weight is 208 g/mol. The predicted octanol–water partition coefficient (Wildman–Crippen LogP) is 2.69. The zero-order valence-electron chi connectivity index (χ0n) is 7.99. The lowest BCUT2D eigenvalue weighted by atomic mass is 10.2. The van der Waals surface area contributed by atoms with Gasteiger partial charge in [0.25, 0.3) is 0 Å². The molecule has 0 spiro atoms. The highest BCUT2D eigenvalue weighted by Crippen LogP contribution is 2.05. The van der Waals surface area contributed by atoms with Crippen molar-refractivity contribution in [3.8, 4) is 0 Å². The van der Waals surface area contributed by atoms with E-state index in [0.717, 1.165) is 17.7 Å². The van der Waals surface area contributed by atoms with Crippen LogP contribution < -0.4 is 0 Å². The molecule has 0 atom stereocenters. The fourth-order valence-corrected chi connectivity index (χ4v) is 1.73. The third kappa shape index (κ3) is 1.80. The van der Waals surface area contributed by atoms with E-state index in [-0.39, 0.29) is 0 Å². The molecule has 0 aliphatic rings. The van der Waals surface area contributed by atoms with Gasteiger partial charge in [-0.15, -0.1) is 0 Å². The first-order valence-corrected chi connectivity index (χ1v) is 4.94. The van der Waals surface area contributed by atoms with E-state index in [2.05, 4.69) is 9.55 Å². The summed E-state index contributed by atoms with van der Waals surface area (Å²) >= 11 is 5.15. The molecule has 2 aromatic heterocycles. The largest absolute Gasteiger partial charge is 0.472 e. The van der Waals surface area contributed by atoms with E-state index in [9.17, 15) is 0 Å². The molecule has 0 aromatic carbocycles. The van der Waals surface area contributed by atoms with Gasteiger partial charge in [0.05, 0.1) is 12.5 Å². The summed E-state index contributed by atoms with van der Waals surface area (Å²) in [6.45, 7) is 2.94. The summed E-state index contributed by atoms with van der Waals surface area (Å²) < 4.78 is 7.87. The minimum atomic E-state index is 0.783. The number of aromatic nitrogens is 2. The van der Waals surface area contributed by atoms with E-state index in [0.29, 0.717) is 0 Å². The molecule has 3 nitrogen and oxygen atoms in total. The van der Waals surface area contributed by atoms with Crippen LogP contribution in [0.2, 0.25) is 0 Å². The highest BCUT2D eigenvalue weighted by Gasteiger charge is 2.00. The number of nitrogens with zero attached hydrogens (tertiary/aromatic N) is 1. The van der Waals surface area contributed by atoms with Crippen LogP contribution >= 0.6 is 12.2 Å². The minimum Gasteiger partial charge on any atom is -0.472 e. The van der Waals surface area contributed by atoms with Crippen molar-refractivity contribution in [2.24, 2.45) is 0 Å². The van der Waals surface area contributed by atoms with Gasteiger partial charge >= 0.3 is 0 Å². The van der Waals surface area contributed by atoms with Gasteiger partial charge in [0.1, 0.15) is 0 Å². The molecule has 0 unspecified atom stereocenters. The van der Waals surface area contributed by atoms with Crippen molar-refractivity contribution < 1.29 is 4.42 Å². The van der Waals surface area contributed by atoms with E-state index in [4.69, 9.17) is 16.6 Å². The molecule has 0 fully saturated rings. The number of hydrogen-bond donors (Lipinski definition) is 1. The predicted molar refractivity (Wildman–Crippen MR) is 56.8 cm³/mol. The average Bonchev–Trinajstić information content (AvgIpc) is 2.76. The standard InChI is InChI=1S/C10H12N2OS/c1-8-6-11-10(14)12(8)4-2-9-3-5-13-7-9/h3,5-7H,2,4H2,1H3,(H,11,14). The van der Waals surface area contributed by atoms with Crippen LogP contribution in [0.3, 0.4) is 0 Å². The van der Waals surface area contributed by atoms with Crippen LogP contribution in [0.15, 0.2) is 29.2 Å². The second-order valence-electron chi connectivity index (χ2n) is 3.27. The number of nitrogens with one attached hydrogen (secondary N) is 1. The summed E-state index contributed by atoms with van der Waals surface area (Å²) in [7, 11) is 0. The smallest absolute Gasteiger partial charge is 0.177 e. The lowest BCUT2D eigenvalue weighted by Crippen LogP contribution is -2.02. The van der Waals surface area contributed by atoms with E-state index in [1.807, 2.05) is 19.2 Å². The molecule has 2 heterocycles. The summed E-state index contributed by atoms with van der Waals surface area (Å²) in [6, 6.07) is 1.98. The second-order valence-corrected chi connectivity index (χ2v) is 3.66. The van der Waals surface area contributed by atoms with Gasteiger partial charge in [-0.1, -0.05) is 0 Å². The maximum absolute atomic E-state index is 5.15. The van der Waals surface area contributed by atoms with E-state index in [1.165, 1.54) is 11.3 Å². The highest BCUT2D eigenvalue weighted by molar-refractivity contribution is 7.71.